The van der Waals surface area contributed by atoms with Crippen LogP contribution in [-0.4, -0.2) is 23.9 Å². The zero-order valence-corrected chi connectivity index (χ0v) is 6.80. The highest BCUT2D eigenvalue weighted by molar-refractivity contribution is 5.81. The minimum absolute atomic E-state index is 0.112. The molecule has 0 radical (unpaired) electrons. The number of rotatable bonds is 1. The second-order valence-corrected chi connectivity index (χ2v) is 3.43. The molecule has 2 aliphatic heterocycles. The predicted molar refractivity (Wildman–Crippen MR) is 42.3 cm³/mol. The van der Waals surface area contributed by atoms with Crippen molar-refractivity contribution in [1.82, 2.24) is 10.6 Å². The van der Waals surface area contributed by atoms with Crippen molar-refractivity contribution in [2.24, 2.45) is 0 Å². The molecule has 2 saturated heterocycles. The van der Waals surface area contributed by atoms with Crippen LogP contribution in [-0.2, 0) is 9.59 Å². The van der Waals surface area contributed by atoms with Crippen molar-refractivity contribution in [3.8, 4) is 0 Å². The van der Waals surface area contributed by atoms with Crippen molar-refractivity contribution >= 4 is 11.8 Å². The topological polar surface area (TPSA) is 58.2 Å². The summed E-state index contributed by atoms with van der Waals surface area (Å²) in [6.07, 6.45) is 2.95. The van der Waals surface area contributed by atoms with E-state index in [-0.39, 0.29) is 23.9 Å². The molecule has 12 heavy (non-hydrogen) atoms. The molecule has 66 valence electrons. The van der Waals surface area contributed by atoms with Gasteiger partial charge in [0.1, 0.15) is 0 Å². The Labute approximate surface area is 70.7 Å². The Morgan fingerprint density at radius 3 is 1.58 bits per heavy atom. The zero-order valence-electron chi connectivity index (χ0n) is 6.80. The number of hydrogen-bond acceptors (Lipinski definition) is 2. The maximum absolute atomic E-state index is 10.9. The van der Waals surface area contributed by atoms with Gasteiger partial charge in [-0.05, 0) is 12.8 Å². The van der Waals surface area contributed by atoms with Crippen LogP contribution in [0.1, 0.15) is 25.7 Å². The number of nitrogens with one attached hydrogen (secondary N) is 2. The van der Waals surface area contributed by atoms with Crippen LogP contribution < -0.4 is 10.6 Å². The highest BCUT2D eigenvalue weighted by Crippen LogP contribution is 2.17. The highest BCUT2D eigenvalue weighted by Gasteiger charge is 2.32. The molecule has 2 fully saturated rings. The van der Waals surface area contributed by atoms with Gasteiger partial charge in [-0.2, -0.15) is 0 Å². The molecule has 4 nitrogen and oxygen atoms in total. The van der Waals surface area contributed by atoms with Gasteiger partial charge in [0.15, 0.2) is 0 Å². The van der Waals surface area contributed by atoms with Crippen molar-refractivity contribution in [2.45, 2.75) is 37.8 Å². The lowest BCUT2D eigenvalue weighted by atomic mass is 10.1. The third-order valence-electron chi connectivity index (χ3n) is 2.54. The monoisotopic (exact) mass is 168 g/mol. The van der Waals surface area contributed by atoms with Gasteiger partial charge >= 0.3 is 0 Å². The maximum atomic E-state index is 10.9. The van der Waals surface area contributed by atoms with E-state index in [1.54, 1.807) is 0 Å². The molecule has 0 unspecified atom stereocenters. The quantitative estimate of drug-likeness (QED) is 0.557. The van der Waals surface area contributed by atoms with Gasteiger partial charge in [-0.1, -0.05) is 0 Å². The molecule has 2 aliphatic rings. The minimum Gasteiger partial charge on any atom is -0.351 e. The van der Waals surface area contributed by atoms with Crippen LogP contribution in [0.2, 0.25) is 0 Å². The van der Waals surface area contributed by atoms with Crippen molar-refractivity contribution in [2.75, 3.05) is 0 Å². The molecule has 2 amide bonds. The highest BCUT2D eigenvalue weighted by atomic mass is 16.2. The van der Waals surface area contributed by atoms with Gasteiger partial charge in [-0.3, -0.25) is 9.59 Å². The molecule has 0 saturated carbocycles. The zero-order chi connectivity index (χ0) is 8.55. The summed E-state index contributed by atoms with van der Waals surface area (Å²) in [4.78, 5) is 21.7. The summed E-state index contributed by atoms with van der Waals surface area (Å²) in [7, 11) is 0. The summed E-state index contributed by atoms with van der Waals surface area (Å²) in [5, 5.41) is 5.73. The van der Waals surface area contributed by atoms with E-state index >= 15 is 0 Å². The Bertz CT molecular complexity index is 203. The van der Waals surface area contributed by atoms with Crippen LogP contribution in [0.5, 0.6) is 0 Å². The number of amides is 2. The molecule has 4 heteroatoms. The third kappa shape index (κ3) is 1.29. The third-order valence-corrected chi connectivity index (χ3v) is 2.54. The molecular formula is C8H12N2O2. The molecule has 2 heterocycles. The molecule has 2 rings (SSSR count). The van der Waals surface area contributed by atoms with Crippen molar-refractivity contribution in [3.63, 3.8) is 0 Å². The molecule has 0 aliphatic carbocycles. The van der Waals surface area contributed by atoms with E-state index in [9.17, 15) is 9.59 Å². The lowest BCUT2D eigenvalue weighted by molar-refractivity contribution is -0.120. The number of carbonyl (C=O) groups is 2. The predicted octanol–water partition coefficient (Wildman–Crippen LogP) is -0.456. The minimum atomic E-state index is 0.112. The van der Waals surface area contributed by atoms with Gasteiger partial charge in [-0.25, -0.2) is 0 Å². The average molecular weight is 168 g/mol. The van der Waals surface area contributed by atoms with Gasteiger partial charge in [0.05, 0.1) is 0 Å². The maximum Gasteiger partial charge on any atom is 0.220 e. The fraction of sp³-hybridized carbons (Fsp3) is 0.750. The van der Waals surface area contributed by atoms with E-state index in [1.165, 1.54) is 0 Å². The lowest BCUT2D eigenvalue weighted by Gasteiger charge is -2.17. The normalized spacial score (nSPS) is 35.0. The summed E-state index contributed by atoms with van der Waals surface area (Å²) in [5.74, 6) is 0.224. The van der Waals surface area contributed by atoms with Crippen LogP contribution >= 0.6 is 0 Å². The first-order valence-corrected chi connectivity index (χ1v) is 4.34. The molecular weight excluding hydrogens is 156 g/mol. The van der Waals surface area contributed by atoms with Crippen molar-refractivity contribution < 1.29 is 9.59 Å². The van der Waals surface area contributed by atoms with E-state index in [0.717, 1.165) is 12.8 Å². The molecule has 2 atom stereocenters. The Kier molecular flexibility index (Phi) is 1.75. The second-order valence-electron chi connectivity index (χ2n) is 3.43. The number of hydrogen-bond donors (Lipinski definition) is 2. The van der Waals surface area contributed by atoms with Crippen LogP contribution in [0.15, 0.2) is 0 Å². The van der Waals surface area contributed by atoms with E-state index < -0.39 is 0 Å². The molecule has 0 aromatic rings. The van der Waals surface area contributed by atoms with Gasteiger partial charge < -0.3 is 10.6 Å². The first kappa shape index (κ1) is 7.58. The summed E-state index contributed by atoms with van der Waals surface area (Å²) < 4.78 is 0. The fourth-order valence-electron chi connectivity index (χ4n) is 1.88. The summed E-state index contributed by atoms with van der Waals surface area (Å²) in [5.41, 5.74) is 0. The average Bonchev–Trinajstić information content (AvgIpc) is 2.58. The standard InChI is InChI=1S/C8H12N2O2/c11-7-3-1-5(9-7)6-2-4-8(12)10-6/h5-6H,1-4H2,(H,9,11)(H,10,12)/t5-,6+. The molecule has 0 aromatic heterocycles. The van der Waals surface area contributed by atoms with Crippen LogP contribution in [0.4, 0.5) is 0 Å². The smallest absolute Gasteiger partial charge is 0.220 e. The van der Waals surface area contributed by atoms with Crippen molar-refractivity contribution in [3.05, 3.63) is 0 Å². The Balaban J connectivity index is 1.93. The van der Waals surface area contributed by atoms with Crippen molar-refractivity contribution in [1.29, 1.82) is 0 Å². The Hall–Kier alpha value is -1.06. The number of carbonyl (C=O) groups excluding carboxylic acids is 2. The lowest BCUT2D eigenvalue weighted by Crippen LogP contribution is -2.43. The Morgan fingerprint density at radius 2 is 1.33 bits per heavy atom. The van der Waals surface area contributed by atoms with Gasteiger partial charge in [0, 0.05) is 24.9 Å². The van der Waals surface area contributed by atoms with Gasteiger partial charge in [0.25, 0.3) is 0 Å². The molecule has 0 bridgehead atoms. The Morgan fingerprint density at radius 1 is 0.917 bits per heavy atom. The van der Waals surface area contributed by atoms with Gasteiger partial charge in [-0.15, -0.1) is 0 Å². The van der Waals surface area contributed by atoms with E-state index in [0.29, 0.717) is 12.8 Å². The first-order chi connectivity index (χ1) is 5.75. The first-order valence-electron chi connectivity index (χ1n) is 4.34. The van der Waals surface area contributed by atoms with Crippen LogP contribution in [0.25, 0.3) is 0 Å². The largest absolute Gasteiger partial charge is 0.351 e. The molecule has 2 N–H and O–H groups in total. The van der Waals surface area contributed by atoms with E-state index in [2.05, 4.69) is 10.6 Å². The second kappa shape index (κ2) is 2.77. The van der Waals surface area contributed by atoms with Gasteiger partial charge in [0.2, 0.25) is 11.8 Å². The summed E-state index contributed by atoms with van der Waals surface area (Å²) in [6.45, 7) is 0. The molecule has 0 aromatic carbocycles. The van der Waals surface area contributed by atoms with Crippen LogP contribution in [0, 0.1) is 0 Å². The van der Waals surface area contributed by atoms with E-state index in [4.69, 9.17) is 0 Å². The van der Waals surface area contributed by atoms with E-state index in [1.807, 2.05) is 0 Å². The summed E-state index contributed by atoms with van der Waals surface area (Å²) >= 11 is 0. The van der Waals surface area contributed by atoms with Crippen LogP contribution in [0.3, 0.4) is 0 Å². The SMILES string of the molecule is O=C1CC[C@@H]([C@H]2CCC(=O)N2)N1. The molecule has 0 spiro atoms. The summed E-state index contributed by atoms with van der Waals surface area (Å²) in [6, 6.07) is 0.368. The fourth-order valence-corrected chi connectivity index (χ4v) is 1.88.